The number of fused-ring (bicyclic) bond motifs is 1. The van der Waals surface area contributed by atoms with Crippen molar-refractivity contribution >= 4 is 21.6 Å². The molecule has 3 atom stereocenters. The molecule has 32 heavy (non-hydrogen) atoms. The van der Waals surface area contributed by atoms with Gasteiger partial charge in [-0.25, -0.2) is 8.42 Å². The van der Waals surface area contributed by atoms with Crippen LogP contribution in [-0.2, 0) is 10.0 Å². The van der Waals surface area contributed by atoms with Gasteiger partial charge in [-0.1, -0.05) is 18.1 Å². The van der Waals surface area contributed by atoms with Crippen LogP contribution in [0.15, 0.2) is 27.6 Å². The third-order valence-electron chi connectivity index (χ3n) is 5.58. The highest BCUT2D eigenvalue weighted by molar-refractivity contribution is 7.92. The molecular formula is C21H30N4O6S. The number of aryl methyl sites for hydroxylation is 2. The second kappa shape index (κ2) is 9.47. The van der Waals surface area contributed by atoms with Crippen molar-refractivity contribution < 1.29 is 27.6 Å². The molecule has 3 N–H and O–H groups in total. The molecule has 10 nitrogen and oxygen atoms in total. The Balaban J connectivity index is 2.11. The summed E-state index contributed by atoms with van der Waals surface area (Å²) in [5.41, 5.74) is 0.593. The standard InChI is InChI=1S/C21H30N4O6S/c1-12-10-25(13(2)11-26)21(27)16-7-6-8-17(19(16)30-18(12)9-22-5)24-32(28,29)20-14(3)23-31-15(20)4/h6-8,12-13,18,22,24,26H,9-11H2,1-5H3/t12-,13-,18-/m1/s1. The molecule has 0 saturated carbocycles. The maximum absolute atomic E-state index is 13.4. The third-order valence-corrected chi connectivity index (χ3v) is 7.19. The summed E-state index contributed by atoms with van der Waals surface area (Å²) < 4.78 is 40.0. The first-order valence-electron chi connectivity index (χ1n) is 10.4. The number of carbonyl (C=O) groups excluding carboxylic acids is 1. The van der Waals surface area contributed by atoms with E-state index in [9.17, 15) is 18.3 Å². The maximum Gasteiger partial charge on any atom is 0.267 e. The number of aliphatic hydroxyl groups is 1. The van der Waals surface area contributed by atoms with Crippen molar-refractivity contribution in [1.29, 1.82) is 0 Å². The van der Waals surface area contributed by atoms with E-state index in [0.717, 1.165) is 0 Å². The molecule has 2 heterocycles. The number of nitrogens with zero attached hydrogens (tertiary/aromatic N) is 2. The Bertz CT molecular complexity index is 1060. The molecule has 0 unspecified atom stereocenters. The van der Waals surface area contributed by atoms with Gasteiger partial charge in [-0.2, -0.15) is 0 Å². The number of hydrogen-bond acceptors (Lipinski definition) is 8. The Morgan fingerprint density at radius 3 is 2.66 bits per heavy atom. The number of amides is 1. The average Bonchev–Trinajstić information content (AvgIpc) is 3.09. The van der Waals surface area contributed by atoms with Crippen LogP contribution >= 0.6 is 0 Å². The summed E-state index contributed by atoms with van der Waals surface area (Å²) in [5, 5.41) is 16.5. The Labute approximate surface area is 188 Å². The molecule has 1 amide bonds. The molecule has 0 fully saturated rings. The minimum atomic E-state index is -4.05. The molecule has 2 aromatic rings. The molecule has 0 bridgehead atoms. The maximum atomic E-state index is 13.4. The summed E-state index contributed by atoms with van der Waals surface area (Å²) in [4.78, 5) is 14.9. The largest absolute Gasteiger partial charge is 0.486 e. The van der Waals surface area contributed by atoms with Gasteiger partial charge in [0.25, 0.3) is 15.9 Å². The molecule has 11 heteroatoms. The quantitative estimate of drug-likeness (QED) is 0.559. The lowest BCUT2D eigenvalue weighted by atomic mass is 9.99. The van der Waals surface area contributed by atoms with Crippen LogP contribution in [0.1, 0.15) is 35.7 Å². The van der Waals surface area contributed by atoms with E-state index in [2.05, 4.69) is 15.2 Å². The molecule has 3 rings (SSSR count). The highest BCUT2D eigenvalue weighted by Gasteiger charge is 2.35. The summed E-state index contributed by atoms with van der Waals surface area (Å²) in [6.07, 6.45) is -0.343. The van der Waals surface area contributed by atoms with Gasteiger partial charge >= 0.3 is 0 Å². The van der Waals surface area contributed by atoms with E-state index >= 15 is 0 Å². The van der Waals surface area contributed by atoms with Gasteiger partial charge in [-0.3, -0.25) is 9.52 Å². The molecule has 1 aromatic carbocycles. The number of nitrogens with one attached hydrogen (secondary N) is 2. The normalized spacial score (nSPS) is 20.2. The monoisotopic (exact) mass is 466 g/mol. The Morgan fingerprint density at radius 2 is 2.06 bits per heavy atom. The van der Waals surface area contributed by atoms with Gasteiger partial charge in [0.05, 0.1) is 23.9 Å². The molecule has 1 aliphatic rings. The number of sulfonamides is 1. The highest BCUT2D eigenvalue weighted by atomic mass is 32.2. The third kappa shape index (κ3) is 4.59. The number of hydrogen-bond donors (Lipinski definition) is 3. The number of carbonyl (C=O) groups is 1. The zero-order valence-electron chi connectivity index (χ0n) is 18.9. The lowest BCUT2D eigenvalue weighted by molar-refractivity contribution is 0.0417. The van der Waals surface area contributed by atoms with Crippen LogP contribution in [0, 0.1) is 19.8 Å². The molecule has 0 aliphatic carbocycles. The fourth-order valence-electron chi connectivity index (χ4n) is 3.82. The second-order valence-corrected chi connectivity index (χ2v) is 9.74. The number of para-hydroxylation sites is 1. The molecule has 176 valence electrons. The first-order valence-corrected chi connectivity index (χ1v) is 11.9. The number of rotatable bonds is 7. The van der Waals surface area contributed by atoms with Gasteiger partial charge in [-0.15, -0.1) is 0 Å². The van der Waals surface area contributed by atoms with Gasteiger partial charge in [0, 0.05) is 19.0 Å². The molecule has 0 saturated heterocycles. The van der Waals surface area contributed by atoms with E-state index in [0.29, 0.717) is 13.1 Å². The van der Waals surface area contributed by atoms with Crippen molar-refractivity contribution in [2.45, 2.75) is 44.7 Å². The number of aromatic nitrogens is 1. The molecular weight excluding hydrogens is 436 g/mol. The highest BCUT2D eigenvalue weighted by Crippen LogP contribution is 2.36. The predicted octanol–water partition coefficient (Wildman–Crippen LogP) is 1.53. The second-order valence-electron chi connectivity index (χ2n) is 8.12. The first-order chi connectivity index (χ1) is 15.1. The molecule has 0 radical (unpaired) electrons. The smallest absolute Gasteiger partial charge is 0.267 e. The van der Waals surface area contributed by atoms with E-state index in [1.807, 2.05) is 6.92 Å². The number of benzene rings is 1. The van der Waals surface area contributed by atoms with Crippen LogP contribution in [0.2, 0.25) is 0 Å². The van der Waals surface area contributed by atoms with Crippen molar-refractivity contribution in [2.24, 2.45) is 5.92 Å². The number of ether oxygens (including phenoxy) is 1. The Hall–Kier alpha value is -2.63. The van der Waals surface area contributed by atoms with Crippen LogP contribution in [0.5, 0.6) is 5.75 Å². The van der Waals surface area contributed by atoms with Crippen molar-refractivity contribution in [2.75, 3.05) is 31.5 Å². The predicted molar refractivity (Wildman–Crippen MR) is 118 cm³/mol. The summed E-state index contributed by atoms with van der Waals surface area (Å²) in [5.74, 6) is -0.110. The van der Waals surface area contributed by atoms with E-state index in [4.69, 9.17) is 9.26 Å². The lowest BCUT2D eigenvalue weighted by Gasteiger charge is -2.37. The van der Waals surface area contributed by atoms with Gasteiger partial charge in [0.1, 0.15) is 11.8 Å². The summed E-state index contributed by atoms with van der Waals surface area (Å²) in [6.45, 7) is 7.46. The van der Waals surface area contributed by atoms with E-state index in [1.165, 1.54) is 6.92 Å². The van der Waals surface area contributed by atoms with Crippen LogP contribution in [-0.4, -0.2) is 68.4 Å². The lowest BCUT2D eigenvalue weighted by Crippen LogP contribution is -2.49. The van der Waals surface area contributed by atoms with E-state index < -0.39 is 16.1 Å². The molecule has 1 aromatic heterocycles. The summed E-state index contributed by atoms with van der Waals surface area (Å²) in [6, 6.07) is 4.32. The minimum absolute atomic E-state index is 0.0528. The van der Waals surface area contributed by atoms with Crippen molar-refractivity contribution in [3.8, 4) is 5.75 Å². The average molecular weight is 467 g/mol. The Kier molecular flexibility index (Phi) is 7.11. The van der Waals surface area contributed by atoms with E-state index in [1.54, 1.807) is 44.0 Å². The zero-order valence-corrected chi connectivity index (χ0v) is 19.7. The molecule has 1 aliphatic heterocycles. The van der Waals surface area contributed by atoms with Crippen molar-refractivity contribution in [1.82, 2.24) is 15.4 Å². The van der Waals surface area contributed by atoms with Crippen molar-refractivity contribution in [3.05, 3.63) is 35.2 Å². The topological polar surface area (TPSA) is 134 Å². The van der Waals surface area contributed by atoms with Crippen LogP contribution in [0.3, 0.4) is 0 Å². The minimum Gasteiger partial charge on any atom is -0.486 e. The van der Waals surface area contributed by atoms with Crippen molar-refractivity contribution in [3.63, 3.8) is 0 Å². The number of anilines is 1. The van der Waals surface area contributed by atoms with Crippen LogP contribution in [0.4, 0.5) is 5.69 Å². The summed E-state index contributed by atoms with van der Waals surface area (Å²) in [7, 11) is -2.26. The fourth-order valence-corrected chi connectivity index (χ4v) is 5.22. The summed E-state index contributed by atoms with van der Waals surface area (Å²) >= 11 is 0. The van der Waals surface area contributed by atoms with Gasteiger partial charge in [-0.05, 0) is 40.0 Å². The zero-order chi connectivity index (χ0) is 23.6. The number of likely N-dealkylation sites (N-methyl/N-ethyl adjacent to an activating group) is 1. The fraction of sp³-hybridized carbons (Fsp3) is 0.524. The van der Waals surface area contributed by atoms with Crippen LogP contribution in [0.25, 0.3) is 0 Å². The van der Waals surface area contributed by atoms with Gasteiger partial charge in [0.2, 0.25) is 0 Å². The van der Waals surface area contributed by atoms with Crippen LogP contribution < -0.4 is 14.8 Å². The van der Waals surface area contributed by atoms with E-state index in [-0.39, 0.29) is 57.9 Å². The molecule has 0 spiro atoms. The Morgan fingerprint density at radius 1 is 1.34 bits per heavy atom. The first kappa shape index (κ1) is 24.0. The number of aliphatic hydroxyl groups excluding tert-OH is 1. The SMILES string of the molecule is CNC[C@H]1Oc2c(NS(=O)(=O)c3c(C)noc3C)cccc2C(=O)N([C@H](C)CO)C[C@H]1C. The van der Waals surface area contributed by atoms with Gasteiger partial charge in [0.15, 0.2) is 16.4 Å². The van der Waals surface area contributed by atoms with Gasteiger partial charge < -0.3 is 24.6 Å².